The van der Waals surface area contributed by atoms with E-state index in [4.69, 9.17) is 25.8 Å². The van der Waals surface area contributed by atoms with Crippen LogP contribution in [0.25, 0.3) is 0 Å². The van der Waals surface area contributed by atoms with E-state index in [1.54, 1.807) is 18.2 Å². The summed E-state index contributed by atoms with van der Waals surface area (Å²) in [6.07, 6.45) is -0.218. The van der Waals surface area contributed by atoms with Gasteiger partial charge in [-0.15, -0.1) is 0 Å². The molecular weight excluding hydrogens is 448 g/mol. The van der Waals surface area contributed by atoms with Crippen LogP contribution in [0.5, 0.6) is 17.2 Å². The standard InChI is InChI=1S/C29H23ClO4/c30-23-13-7-12-22(14-23)26-17-25(31)29-27(33-19-21-10-5-2-6-11-21)15-24(16-28(29)34-26)32-18-20-8-3-1-4-9-20/h1-16,26H,17-19H2. The molecule has 0 saturated carbocycles. The number of hydrogen-bond acceptors (Lipinski definition) is 4. The average Bonchev–Trinajstić information content (AvgIpc) is 2.87. The molecular formula is C29H23ClO4. The van der Waals surface area contributed by atoms with Gasteiger partial charge in [-0.2, -0.15) is 0 Å². The van der Waals surface area contributed by atoms with Crippen LogP contribution in [0.3, 0.4) is 0 Å². The Kier molecular flexibility index (Phi) is 6.50. The number of Topliss-reactive ketones (excluding diaryl/α,β-unsaturated/α-hetero) is 1. The molecule has 0 fully saturated rings. The van der Waals surface area contributed by atoms with E-state index in [0.29, 0.717) is 41.0 Å². The first-order chi connectivity index (χ1) is 16.7. The van der Waals surface area contributed by atoms with Crippen LogP contribution in [0.2, 0.25) is 5.02 Å². The zero-order valence-electron chi connectivity index (χ0n) is 18.4. The number of ether oxygens (including phenoxy) is 3. The summed E-state index contributed by atoms with van der Waals surface area (Å²) < 4.78 is 18.5. The van der Waals surface area contributed by atoms with Crippen molar-refractivity contribution in [2.24, 2.45) is 0 Å². The number of hydrogen-bond donors (Lipinski definition) is 0. The van der Waals surface area contributed by atoms with Crippen LogP contribution in [0.4, 0.5) is 0 Å². The van der Waals surface area contributed by atoms with Crippen LogP contribution in [0.1, 0.15) is 39.6 Å². The van der Waals surface area contributed by atoms with E-state index in [2.05, 4.69) is 0 Å². The summed E-state index contributed by atoms with van der Waals surface area (Å²) in [4.78, 5) is 13.2. The third kappa shape index (κ3) is 5.08. The first-order valence-corrected chi connectivity index (χ1v) is 11.5. The molecule has 5 rings (SSSR count). The molecule has 0 amide bonds. The molecule has 1 atom stereocenters. The molecule has 0 radical (unpaired) electrons. The largest absolute Gasteiger partial charge is 0.489 e. The van der Waals surface area contributed by atoms with Gasteiger partial charge in [0.1, 0.15) is 42.1 Å². The number of carbonyl (C=O) groups excluding carboxylic acids is 1. The Morgan fingerprint density at radius 2 is 1.47 bits per heavy atom. The SMILES string of the molecule is O=C1CC(c2cccc(Cl)c2)Oc2cc(OCc3ccccc3)cc(OCc3ccccc3)c21. The number of carbonyl (C=O) groups is 1. The lowest BCUT2D eigenvalue weighted by atomic mass is 9.95. The minimum absolute atomic E-state index is 0.0381. The Bertz CT molecular complexity index is 1290. The van der Waals surface area contributed by atoms with Gasteiger partial charge in [-0.3, -0.25) is 4.79 Å². The molecule has 0 aromatic heterocycles. The molecule has 0 aliphatic carbocycles. The van der Waals surface area contributed by atoms with Gasteiger partial charge < -0.3 is 14.2 Å². The van der Waals surface area contributed by atoms with Gasteiger partial charge >= 0.3 is 0 Å². The van der Waals surface area contributed by atoms with Crippen LogP contribution in [-0.2, 0) is 13.2 Å². The molecule has 4 nitrogen and oxygen atoms in total. The molecule has 0 bridgehead atoms. The van der Waals surface area contributed by atoms with Crippen molar-refractivity contribution in [3.05, 3.63) is 124 Å². The highest BCUT2D eigenvalue weighted by Gasteiger charge is 2.31. The van der Waals surface area contributed by atoms with Crippen molar-refractivity contribution < 1.29 is 19.0 Å². The van der Waals surface area contributed by atoms with Crippen molar-refractivity contribution in [3.8, 4) is 17.2 Å². The number of halogens is 1. The maximum atomic E-state index is 13.2. The fourth-order valence-corrected chi connectivity index (χ4v) is 4.16. The Morgan fingerprint density at radius 1 is 0.794 bits per heavy atom. The van der Waals surface area contributed by atoms with Crippen molar-refractivity contribution in [1.82, 2.24) is 0 Å². The third-order valence-electron chi connectivity index (χ3n) is 5.66. The minimum atomic E-state index is -0.426. The second-order valence-corrected chi connectivity index (χ2v) is 8.57. The second kappa shape index (κ2) is 10.0. The first kappa shape index (κ1) is 22.1. The van der Waals surface area contributed by atoms with Gasteiger partial charge in [-0.1, -0.05) is 84.4 Å². The van der Waals surface area contributed by atoms with E-state index in [1.165, 1.54) is 0 Å². The highest BCUT2D eigenvalue weighted by atomic mass is 35.5. The molecule has 1 aliphatic rings. The van der Waals surface area contributed by atoms with Gasteiger partial charge in [-0.05, 0) is 28.8 Å². The monoisotopic (exact) mass is 470 g/mol. The fourth-order valence-electron chi connectivity index (χ4n) is 3.97. The van der Waals surface area contributed by atoms with Gasteiger partial charge in [0, 0.05) is 17.2 Å². The molecule has 0 saturated heterocycles. The molecule has 1 heterocycles. The fraction of sp³-hybridized carbons (Fsp3) is 0.138. The normalized spacial score (nSPS) is 14.7. The minimum Gasteiger partial charge on any atom is -0.489 e. The van der Waals surface area contributed by atoms with Gasteiger partial charge in [0.05, 0.1) is 6.42 Å². The maximum absolute atomic E-state index is 13.2. The molecule has 0 spiro atoms. The molecule has 1 aliphatic heterocycles. The predicted octanol–water partition coefficient (Wildman–Crippen LogP) is 7.20. The van der Waals surface area contributed by atoms with Crippen LogP contribution in [0, 0.1) is 0 Å². The van der Waals surface area contributed by atoms with Crippen LogP contribution in [0.15, 0.2) is 97.1 Å². The molecule has 4 aromatic rings. The van der Waals surface area contributed by atoms with Crippen LogP contribution in [-0.4, -0.2) is 5.78 Å². The Labute approximate surface area is 203 Å². The van der Waals surface area contributed by atoms with E-state index in [-0.39, 0.29) is 12.2 Å². The van der Waals surface area contributed by atoms with Gasteiger partial charge in [0.25, 0.3) is 0 Å². The van der Waals surface area contributed by atoms with E-state index in [9.17, 15) is 4.79 Å². The number of fused-ring (bicyclic) bond motifs is 1. The molecule has 34 heavy (non-hydrogen) atoms. The Balaban J connectivity index is 1.46. The van der Waals surface area contributed by atoms with Gasteiger partial charge in [0.15, 0.2) is 5.78 Å². The lowest BCUT2D eigenvalue weighted by molar-refractivity contribution is 0.0841. The number of rotatable bonds is 7. The van der Waals surface area contributed by atoms with Gasteiger partial charge in [0.2, 0.25) is 0 Å². The summed E-state index contributed by atoms with van der Waals surface area (Å²) in [7, 11) is 0. The molecule has 0 N–H and O–H groups in total. The Morgan fingerprint density at radius 3 is 2.15 bits per heavy atom. The van der Waals surface area contributed by atoms with Crippen molar-refractivity contribution >= 4 is 17.4 Å². The Hall–Kier alpha value is -3.76. The van der Waals surface area contributed by atoms with Gasteiger partial charge in [-0.25, -0.2) is 0 Å². The van der Waals surface area contributed by atoms with Crippen molar-refractivity contribution in [2.75, 3.05) is 0 Å². The third-order valence-corrected chi connectivity index (χ3v) is 5.90. The maximum Gasteiger partial charge on any atom is 0.174 e. The van der Waals surface area contributed by atoms with Crippen LogP contribution < -0.4 is 14.2 Å². The zero-order valence-corrected chi connectivity index (χ0v) is 19.2. The predicted molar refractivity (Wildman–Crippen MR) is 132 cm³/mol. The summed E-state index contributed by atoms with van der Waals surface area (Å²) in [5, 5.41) is 0.603. The topological polar surface area (TPSA) is 44.8 Å². The first-order valence-electron chi connectivity index (χ1n) is 11.1. The highest BCUT2D eigenvalue weighted by molar-refractivity contribution is 6.30. The summed E-state index contributed by atoms with van der Waals surface area (Å²) in [5.41, 5.74) is 3.35. The quantitative estimate of drug-likeness (QED) is 0.286. The molecule has 4 aromatic carbocycles. The van der Waals surface area contributed by atoms with Crippen molar-refractivity contribution in [3.63, 3.8) is 0 Å². The van der Waals surface area contributed by atoms with Crippen molar-refractivity contribution in [1.29, 1.82) is 0 Å². The van der Waals surface area contributed by atoms with Crippen LogP contribution >= 0.6 is 11.6 Å². The molecule has 5 heteroatoms. The second-order valence-electron chi connectivity index (χ2n) is 8.13. The van der Waals surface area contributed by atoms with E-state index >= 15 is 0 Å². The summed E-state index contributed by atoms with van der Waals surface area (Å²) in [5.74, 6) is 1.45. The summed E-state index contributed by atoms with van der Waals surface area (Å²) in [6.45, 7) is 0.726. The highest BCUT2D eigenvalue weighted by Crippen LogP contribution is 2.43. The lowest BCUT2D eigenvalue weighted by Gasteiger charge is -2.27. The van der Waals surface area contributed by atoms with E-state index < -0.39 is 6.10 Å². The van der Waals surface area contributed by atoms with E-state index in [0.717, 1.165) is 16.7 Å². The molecule has 1 unspecified atom stereocenters. The summed E-state index contributed by atoms with van der Waals surface area (Å²) >= 11 is 6.17. The zero-order chi connectivity index (χ0) is 23.3. The lowest BCUT2D eigenvalue weighted by Crippen LogP contribution is -2.21. The smallest absolute Gasteiger partial charge is 0.174 e. The molecule has 170 valence electrons. The average molecular weight is 471 g/mol. The summed E-state index contributed by atoms with van der Waals surface area (Å²) in [6, 6.07) is 30.7. The van der Waals surface area contributed by atoms with E-state index in [1.807, 2.05) is 78.9 Å². The number of ketones is 1. The number of benzene rings is 4. The van der Waals surface area contributed by atoms with Crippen molar-refractivity contribution in [2.45, 2.75) is 25.7 Å².